The summed E-state index contributed by atoms with van der Waals surface area (Å²) in [6.07, 6.45) is 9.97. The van der Waals surface area contributed by atoms with Gasteiger partial charge in [0.15, 0.2) is 11.4 Å². The summed E-state index contributed by atoms with van der Waals surface area (Å²) in [5.41, 5.74) is 9.85. The van der Waals surface area contributed by atoms with Crippen LogP contribution in [0.25, 0.3) is 16.8 Å². The molecule has 2 aliphatic heterocycles. The van der Waals surface area contributed by atoms with Gasteiger partial charge in [-0.25, -0.2) is 4.98 Å². The molecule has 2 aliphatic rings. The van der Waals surface area contributed by atoms with Crippen LogP contribution in [0.2, 0.25) is 0 Å². The Bertz CT molecular complexity index is 1410. The Kier molecular flexibility index (Phi) is 4.51. The van der Waals surface area contributed by atoms with Crippen LogP contribution in [0.5, 0.6) is 0 Å². The number of aryl methyl sites for hydroxylation is 1. The lowest BCUT2D eigenvalue weighted by molar-refractivity contribution is 0.0556. The smallest absolute Gasteiger partial charge is 0.292 e. The van der Waals surface area contributed by atoms with Crippen LogP contribution < -0.4 is 5.73 Å². The normalized spacial score (nSPS) is 21.9. The van der Waals surface area contributed by atoms with Crippen molar-refractivity contribution in [2.45, 2.75) is 50.6 Å². The van der Waals surface area contributed by atoms with Crippen LogP contribution in [-0.2, 0) is 7.05 Å². The van der Waals surface area contributed by atoms with E-state index in [4.69, 9.17) is 10.7 Å². The molecule has 0 spiro atoms. The van der Waals surface area contributed by atoms with Gasteiger partial charge in [-0.05, 0) is 32.6 Å². The van der Waals surface area contributed by atoms with Crippen molar-refractivity contribution in [2.24, 2.45) is 7.05 Å². The number of anilines is 1. The number of piperidine rings is 1. The molecule has 1 unspecified atom stereocenters. The lowest BCUT2D eigenvalue weighted by Crippen LogP contribution is -2.46. The number of ketones is 1. The van der Waals surface area contributed by atoms with E-state index in [1.54, 1.807) is 17.1 Å². The Labute approximate surface area is 194 Å². The summed E-state index contributed by atoms with van der Waals surface area (Å²) in [7, 11) is 1.85. The van der Waals surface area contributed by atoms with Gasteiger partial charge in [0.1, 0.15) is 12.1 Å². The average molecular weight is 461 g/mol. The number of carbonyl (C=O) groups is 2. The molecule has 2 fully saturated rings. The van der Waals surface area contributed by atoms with Crippen molar-refractivity contribution in [3.05, 3.63) is 42.0 Å². The third kappa shape index (κ3) is 3.01. The van der Waals surface area contributed by atoms with Gasteiger partial charge in [0, 0.05) is 42.4 Å². The lowest BCUT2D eigenvalue weighted by atomic mass is 9.85. The van der Waals surface area contributed by atoms with Crippen molar-refractivity contribution in [1.82, 2.24) is 44.5 Å². The number of nitrogens with one attached hydrogen (secondary N) is 1. The fraction of sp³-hybridized carbons (Fsp3) is 0.409. The SMILES string of the molecule is CC(=O)c1c(C2C[C@H]3CC[C@@H](C2)N3C(=O)c2nnc[nH]2)nc2c(-c3cnn(C)c3)cnn2c1N. The molecule has 34 heavy (non-hydrogen) atoms. The molecule has 4 aromatic rings. The Hall–Kier alpha value is -4.09. The second kappa shape index (κ2) is 7.47. The van der Waals surface area contributed by atoms with Gasteiger partial charge >= 0.3 is 0 Å². The molecule has 12 nitrogen and oxygen atoms in total. The topological polar surface area (TPSA) is 153 Å². The molecule has 3 atom stereocenters. The first-order valence-electron chi connectivity index (χ1n) is 11.3. The number of H-pyrrole nitrogens is 1. The number of hydrogen-bond acceptors (Lipinski definition) is 8. The number of aromatic amines is 1. The highest BCUT2D eigenvalue weighted by Gasteiger charge is 2.45. The number of aromatic nitrogens is 8. The van der Waals surface area contributed by atoms with Crippen LogP contribution in [0, 0.1) is 0 Å². The van der Waals surface area contributed by atoms with Crippen LogP contribution in [0.15, 0.2) is 24.9 Å². The summed E-state index contributed by atoms with van der Waals surface area (Å²) in [5, 5.41) is 16.3. The van der Waals surface area contributed by atoms with Gasteiger partial charge in [0.25, 0.3) is 5.91 Å². The van der Waals surface area contributed by atoms with Gasteiger partial charge in [-0.3, -0.25) is 14.3 Å². The second-order valence-corrected chi connectivity index (χ2v) is 9.11. The van der Waals surface area contributed by atoms with E-state index in [1.165, 1.54) is 17.8 Å². The van der Waals surface area contributed by atoms with Crippen molar-refractivity contribution in [3.63, 3.8) is 0 Å². The average Bonchev–Trinajstić information content (AvgIpc) is 3.59. The highest BCUT2D eigenvalue weighted by molar-refractivity contribution is 6.00. The Morgan fingerprint density at radius 2 is 1.91 bits per heavy atom. The molecule has 6 rings (SSSR count). The molecule has 0 radical (unpaired) electrons. The largest absolute Gasteiger partial charge is 0.383 e. The van der Waals surface area contributed by atoms with Gasteiger partial charge in [0.05, 0.1) is 23.7 Å². The van der Waals surface area contributed by atoms with E-state index < -0.39 is 0 Å². The second-order valence-electron chi connectivity index (χ2n) is 9.11. The number of nitrogens with zero attached hydrogens (tertiary/aromatic N) is 8. The Balaban J connectivity index is 1.42. The molecular weight excluding hydrogens is 436 g/mol. The van der Waals surface area contributed by atoms with Crippen molar-refractivity contribution >= 4 is 23.2 Å². The van der Waals surface area contributed by atoms with Crippen LogP contribution in [0.3, 0.4) is 0 Å². The maximum absolute atomic E-state index is 13.0. The van der Waals surface area contributed by atoms with Crippen molar-refractivity contribution in [2.75, 3.05) is 5.73 Å². The monoisotopic (exact) mass is 460 g/mol. The van der Waals surface area contributed by atoms with Crippen LogP contribution in [0.1, 0.15) is 65.2 Å². The van der Waals surface area contributed by atoms with Gasteiger partial charge in [0.2, 0.25) is 5.82 Å². The number of Topliss-reactive ketones (excluding diaryl/α,β-unsaturated/α-hetero) is 1. The standard InChI is InChI=1S/C22H24N10O2/c1-11(33)17-18(28-21-16(8-27-32(21)19(17)23)13-7-26-30(2)9-13)12-5-14-3-4-15(6-12)31(14)22(34)20-24-10-25-29-20/h7-10,12,14-15H,3-6,23H2,1-2H3,(H,24,25,29)/t12?,14-,15+. The molecule has 4 aromatic heterocycles. The van der Waals surface area contributed by atoms with Gasteiger partial charge < -0.3 is 15.6 Å². The molecule has 0 aromatic carbocycles. The zero-order chi connectivity index (χ0) is 23.6. The number of fused-ring (bicyclic) bond motifs is 3. The molecule has 3 N–H and O–H groups in total. The first kappa shape index (κ1) is 20.5. The summed E-state index contributed by atoms with van der Waals surface area (Å²) >= 11 is 0. The molecular formula is C22H24N10O2. The maximum atomic E-state index is 13.0. The highest BCUT2D eigenvalue weighted by atomic mass is 16.2. The molecule has 2 saturated heterocycles. The summed E-state index contributed by atoms with van der Waals surface area (Å²) in [5.74, 6) is 0.263. The minimum atomic E-state index is -0.146. The molecule has 6 heterocycles. The maximum Gasteiger partial charge on any atom is 0.292 e. The van der Waals surface area contributed by atoms with Crippen molar-refractivity contribution in [1.29, 1.82) is 0 Å². The van der Waals surface area contributed by atoms with E-state index in [9.17, 15) is 9.59 Å². The summed E-state index contributed by atoms with van der Waals surface area (Å²) in [6, 6.07) is 0.0891. The number of hydrogen-bond donors (Lipinski definition) is 2. The fourth-order valence-corrected chi connectivity index (χ4v) is 5.62. The summed E-state index contributed by atoms with van der Waals surface area (Å²) in [4.78, 5) is 35.4. The van der Waals surface area contributed by atoms with Crippen LogP contribution in [0.4, 0.5) is 5.82 Å². The predicted octanol–water partition coefficient (Wildman–Crippen LogP) is 1.58. The van der Waals surface area contributed by atoms with Crippen LogP contribution >= 0.6 is 0 Å². The molecule has 174 valence electrons. The Morgan fingerprint density at radius 3 is 2.53 bits per heavy atom. The van der Waals surface area contributed by atoms with Gasteiger partial charge in [-0.2, -0.15) is 14.7 Å². The number of carbonyl (C=O) groups excluding carboxylic acids is 2. The first-order valence-corrected chi connectivity index (χ1v) is 11.3. The van der Waals surface area contributed by atoms with E-state index in [2.05, 4.69) is 25.4 Å². The zero-order valence-corrected chi connectivity index (χ0v) is 18.8. The zero-order valence-electron chi connectivity index (χ0n) is 18.8. The van der Waals surface area contributed by atoms with E-state index in [1.807, 2.05) is 18.1 Å². The molecule has 0 saturated carbocycles. The molecule has 2 bridgehead atoms. The van der Waals surface area contributed by atoms with E-state index in [-0.39, 0.29) is 41.3 Å². The number of nitrogen functional groups attached to an aromatic ring is 1. The Morgan fingerprint density at radius 1 is 1.15 bits per heavy atom. The predicted molar refractivity (Wildman–Crippen MR) is 121 cm³/mol. The third-order valence-corrected chi connectivity index (χ3v) is 7.05. The van der Waals surface area contributed by atoms with Gasteiger partial charge in [-0.15, -0.1) is 10.2 Å². The van der Waals surface area contributed by atoms with Crippen molar-refractivity contribution in [3.8, 4) is 11.1 Å². The number of rotatable bonds is 4. The lowest BCUT2D eigenvalue weighted by Gasteiger charge is -2.38. The van der Waals surface area contributed by atoms with E-state index in [0.29, 0.717) is 29.7 Å². The molecule has 1 amide bonds. The fourth-order valence-electron chi connectivity index (χ4n) is 5.62. The highest BCUT2D eigenvalue weighted by Crippen LogP contribution is 2.45. The van der Waals surface area contributed by atoms with E-state index in [0.717, 1.165) is 24.0 Å². The van der Waals surface area contributed by atoms with Gasteiger partial charge in [-0.1, -0.05) is 0 Å². The first-order chi connectivity index (χ1) is 16.4. The summed E-state index contributed by atoms with van der Waals surface area (Å²) < 4.78 is 3.24. The van der Waals surface area contributed by atoms with Crippen LogP contribution in [-0.4, -0.2) is 68.2 Å². The third-order valence-electron chi connectivity index (χ3n) is 7.05. The molecule has 0 aliphatic carbocycles. The number of nitrogens with two attached hydrogens (primary N) is 1. The number of amides is 1. The summed E-state index contributed by atoms with van der Waals surface area (Å²) in [6.45, 7) is 1.51. The van der Waals surface area contributed by atoms with Crippen molar-refractivity contribution < 1.29 is 9.59 Å². The minimum absolute atomic E-state index is 0.000811. The van der Waals surface area contributed by atoms with E-state index >= 15 is 0 Å². The molecule has 12 heteroatoms. The minimum Gasteiger partial charge on any atom is -0.383 e. The quantitative estimate of drug-likeness (QED) is 0.435.